The van der Waals surface area contributed by atoms with Crippen molar-refractivity contribution < 1.29 is 27.8 Å². The molecular formula is C17H20F2N2O4. The van der Waals surface area contributed by atoms with E-state index in [0.717, 1.165) is 0 Å². The van der Waals surface area contributed by atoms with Crippen molar-refractivity contribution in [3.8, 4) is 5.75 Å². The highest BCUT2D eigenvalue weighted by Gasteiger charge is 2.36. The summed E-state index contributed by atoms with van der Waals surface area (Å²) >= 11 is 0. The first-order valence-corrected chi connectivity index (χ1v) is 7.72. The number of hydrogen-bond donors (Lipinski definition) is 1. The predicted octanol–water partition coefficient (Wildman–Crippen LogP) is 3.21. The number of carbonyl (C=O) groups is 2. The van der Waals surface area contributed by atoms with E-state index in [-0.39, 0.29) is 23.0 Å². The standard InChI is InChI=1S/C17H20F2N2O4/c1-9(2)24-15(22)13-10(3)21(4)17(23)20-14(13)11-7-5-6-8-12(11)25-16(18)19/h5-9,14,16H,1-4H3,(H,20,23). The summed E-state index contributed by atoms with van der Waals surface area (Å²) in [4.78, 5) is 26.0. The Balaban J connectivity index is 2.54. The van der Waals surface area contributed by atoms with Gasteiger partial charge in [-0.3, -0.25) is 0 Å². The Kier molecular flexibility index (Phi) is 5.61. The SMILES string of the molecule is CC1=C(C(=O)OC(C)C)C(c2ccccc2OC(F)F)NC(=O)N1C. The molecule has 0 saturated carbocycles. The Hall–Kier alpha value is -2.64. The van der Waals surface area contributed by atoms with Gasteiger partial charge in [0.1, 0.15) is 5.75 Å². The average Bonchev–Trinajstić information content (AvgIpc) is 2.51. The van der Waals surface area contributed by atoms with Crippen molar-refractivity contribution >= 4 is 12.0 Å². The van der Waals surface area contributed by atoms with Crippen LogP contribution in [0, 0.1) is 0 Å². The maximum absolute atomic E-state index is 12.7. The predicted molar refractivity (Wildman–Crippen MR) is 86.0 cm³/mol. The van der Waals surface area contributed by atoms with Crippen LogP contribution in [0.3, 0.4) is 0 Å². The zero-order valence-corrected chi connectivity index (χ0v) is 14.4. The third kappa shape index (κ3) is 4.07. The molecule has 1 aliphatic heterocycles. The summed E-state index contributed by atoms with van der Waals surface area (Å²) in [5.74, 6) is -0.744. The minimum absolute atomic E-state index is 0.116. The highest BCUT2D eigenvalue weighted by Crippen LogP contribution is 2.36. The molecule has 0 radical (unpaired) electrons. The number of amides is 2. The van der Waals surface area contributed by atoms with Gasteiger partial charge < -0.3 is 19.7 Å². The van der Waals surface area contributed by atoms with E-state index in [1.54, 1.807) is 26.8 Å². The molecule has 1 atom stereocenters. The molecule has 25 heavy (non-hydrogen) atoms. The van der Waals surface area contributed by atoms with E-state index in [9.17, 15) is 18.4 Å². The van der Waals surface area contributed by atoms with Crippen LogP contribution in [0.4, 0.5) is 13.6 Å². The van der Waals surface area contributed by atoms with Crippen LogP contribution in [0.15, 0.2) is 35.5 Å². The molecule has 1 unspecified atom stereocenters. The topological polar surface area (TPSA) is 67.9 Å². The van der Waals surface area contributed by atoms with Gasteiger partial charge in [-0.1, -0.05) is 18.2 Å². The minimum atomic E-state index is -3.03. The second kappa shape index (κ2) is 7.50. The van der Waals surface area contributed by atoms with Gasteiger partial charge in [0.15, 0.2) is 0 Å². The Labute approximate surface area is 144 Å². The van der Waals surface area contributed by atoms with Crippen LogP contribution in [-0.2, 0) is 9.53 Å². The second-order valence-electron chi connectivity index (χ2n) is 5.81. The number of carbonyl (C=O) groups excluding carboxylic acids is 2. The van der Waals surface area contributed by atoms with Gasteiger partial charge in [-0.25, -0.2) is 9.59 Å². The number of allylic oxidation sites excluding steroid dienone is 1. The van der Waals surface area contributed by atoms with E-state index in [2.05, 4.69) is 10.1 Å². The van der Waals surface area contributed by atoms with Crippen molar-refractivity contribution in [1.82, 2.24) is 10.2 Å². The molecule has 1 aromatic rings. The fraction of sp³-hybridized carbons (Fsp3) is 0.412. The number of nitrogens with one attached hydrogen (secondary N) is 1. The zero-order valence-electron chi connectivity index (χ0n) is 14.4. The monoisotopic (exact) mass is 354 g/mol. The van der Waals surface area contributed by atoms with Gasteiger partial charge in [0, 0.05) is 18.3 Å². The lowest BCUT2D eigenvalue weighted by Crippen LogP contribution is -2.46. The quantitative estimate of drug-likeness (QED) is 0.825. The number of nitrogens with zero attached hydrogens (tertiary/aromatic N) is 1. The fourth-order valence-electron chi connectivity index (χ4n) is 2.53. The van der Waals surface area contributed by atoms with Crippen LogP contribution in [0.1, 0.15) is 32.4 Å². The van der Waals surface area contributed by atoms with E-state index in [4.69, 9.17) is 4.74 Å². The maximum atomic E-state index is 12.7. The zero-order chi connectivity index (χ0) is 18.7. The molecule has 1 heterocycles. The lowest BCUT2D eigenvalue weighted by Gasteiger charge is -2.34. The van der Waals surface area contributed by atoms with Crippen LogP contribution in [0.5, 0.6) is 5.75 Å². The minimum Gasteiger partial charge on any atom is -0.459 e. The summed E-state index contributed by atoms with van der Waals surface area (Å²) in [7, 11) is 1.51. The molecule has 8 heteroatoms. The molecular weight excluding hydrogens is 334 g/mol. The van der Waals surface area contributed by atoms with Crippen LogP contribution < -0.4 is 10.1 Å². The number of hydrogen-bond acceptors (Lipinski definition) is 4. The molecule has 1 aromatic carbocycles. The smallest absolute Gasteiger partial charge is 0.387 e. The van der Waals surface area contributed by atoms with Crippen molar-refractivity contribution in [3.05, 3.63) is 41.1 Å². The molecule has 0 aliphatic carbocycles. The second-order valence-corrected chi connectivity index (χ2v) is 5.81. The number of halogens is 2. The van der Waals surface area contributed by atoms with Crippen LogP contribution in [0.2, 0.25) is 0 Å². The van der Waals surface area contributed by atoms with Gasteiger partial charge in [0.2, 0.25) is 0 Å². The van der Waals surface area contributed by atoms with Crippen LogP contribution in [0.25, 0.3) is 0 Å². The highest BCUT2D eigenvalue weighted by atomic mass is 19.3. The van der Waals surface area contributed by atoms with E-state index in [1.165, 1.54) is 30.1 Å². The normalized spacial score (nSPS) is 17.8. The van der Waals surface area contributed by atoms with Crippen molar-refractivity contribution in [2.24, 2.45) is 0 Å². The average molecular weight is 354 g/mol. The Morgan fingerprint density at radius 1 is 1.28 bits per heavy atom. The first kappa shape index (κ1) is 18.7. The van der Waals surface area contributed by atoms with E-state index >= 15 is 0 Å². The number of alkyl halides is 2. The van der Waals surface area contributed by atoms with Gasteiger partial charge in [0.05, 0.1) is 17.7 Å². The molecule has 136 valence electrons. The molecule has 6 nitrogen and oxygen atoms in total. The van der Waals surface area contributed by atoms with E-state index < -0.39 is 24.7 Å². The van der Waals surface area contributed by atoms with Crippen molar-refractivity contribution in [2.75, 3.05) is 7.05 Å². The van der Waals surface area contributed by atoms with Crippen molar-refractivity contribution in [1.29, 1.82) is 0 Å². The molecule has 2 amide bonds. The summed E-state index contributed by atoms with van der Waals surface area (Å²) in [6.07, 6.45) is -0.371. The van der Waals surface area contributed by atoms with Gasteiger partial charge in [-0.2, -0.15) is 8.78 Å². The Bertz CT molecular complexity index is 704. The first-order valence-electron chi connectivity index (χ1n) is 7.72. The molecule has 2 rings (SSSR count). The van der Waals surface area contributed by atoms with Gasteiger partial charge in [-0.05, 0) is 26.8 Å². The Morgan fingerprint density at radius 3 is 2.52 bits per heavy atom. The van der Waals surface area contributed by atoms with Crippen LogP contribution >= 0.6 is 0 Å². The fourth-order valence-corrected chi connectivity index (χ4v) is 2.53. The van der Waals surface area contributed by atoms with Crippen molar-refractivity contribution in [2.45, 2.75) is 39.5 Å². The number of esters is 1. The molecule has 0 fully saturated rings. The summed E-state index contributed by atoms with van der Waals surface area (Å²) in [5.41, 5.74) is 0.798. The molecule has 1 aliphatic rings. The summed E-state index contributed by atoms with van der Waals surface area (Å²) < 4.78 is 35.2. The summed E-state index contributed by atoms with van der Waals surface area (Å²) in [6.45, 7) is 1.96. The van der Waals surface area contributed by atoms with E-state index in [0.29, 0.717) is 5.70 Å². The number of rotatable bonds is 5. The Morgan fingerprint density at radius 2 is 1.92 bits per heavy atom. The molecule has 1 N–H and O–H groups in total. The summed E-state index contributed by atoms with van der Waals surface area (Å²) in [5, 5.41) is 2.63. The van der Waals surface area contributed by atoms with Crippen molar-refractivity contribution in [3.63, 3.8) is 0 Å². The van der Waals surface area contributed by atoms with Gasteiger partial charge >= 0.3 is 18.6 Å². The number of para-hydroxylation sites is 1. The van der Waals surface area contributed by atoms with Gasteiger partial charge in [-0.15, -0.1) is 0 Å². The first-order chi connectivity index (χ1) is 11.7. The highest BCUT2D eigenvalue weighted by molar-refractivity contribution is 5.95. The largest absolute Gasteiger partial charge is 0.459 e. The lowest BCUT2D eigenvalue weighted by molar-refractivity contribution is -0.143. The molecule has 0 aromatic heterocycles. The molecule has 0 spiro atoms. The lowest BCUT2D eigenvalue weighted by atomic mass is 9.94. The third-order valence-corrected chi connectivity index (χ3v) is 3.76. The maximum Gasteiger partial charge on any atom is 0.387 e. The molecule has 0 bridgehead atoms. The van der Waals surface area contributed by atoms with E-state index in [1.807, 2.05) is 0 Å². The summed E-state index contributed by atoms with van der Waals surface area (Å²) in [6, 6.07) is 4.59. The van der Waals surface area contributed by atoms with Gasteiger partial charge in [0.25, 0.3) is 0 Å². The number of benzene rings is 1. The van der Waals surface area contributed by atoms with Crippen LogP contribution in [-0.4, -0.2) is 36.7 Å². The number of urea groups is 1. The third-order valence-electron chi connectivity index (χ3n) is 3.76. The molecule has 0 saturated heterocycles. The number of ether oxygens (including phenoxy) is 2.